The van der Waals surface area contributed by atoms with E-state index in [0.29, 0.717) is 62.0 Å². The van der Waals surface area contributed by atoms with Gasteiger partial charge in [-0.3, -0.25) is 14.4 Å². The molecule has 2 atom stereocenters. The van der Waals surface area contributed by atoms with Gasteiger partial charge in [0.1, 0.15) is 0 Å². The number of carbonyl (C=O) groups excluding carboxylic acids is 3. The molecule has 2 aromatic carbocycles. The standard InChI is InChI=1S/C29H29N3O6/c1-36-23-16-18-9-10-32-26(21(18)17-24(23)37-2)25(19-6-3-4-7-20(19)27(32)33)29(35)31-13-11-30(12-14-31)28(34)22-8-5-15-38-22/h3-8,15-17,25-26H,9-14H2,1-2H3/t25-,26+/m1/s1. The lowest BCUT2D eigenvalue weighted by Gasteiger charge is -2.47. The van der Waals surface area contributed by atoms with E-state index in [1.807, 2.05) is 40.1 Å². The van der Waals surface area contributed by atoms with Crippen molar-refractivity contribution in [1.29, 1.82) is 0 Å². The number of benzene rings is 2. The van der Waals surface area contributed by atoms with Crippen LogP contribution >= 0.6 is 0 Å². The number of rotatable bonds is 4. The first-order chi connectivity index (χ1) is 18.5. The van der Waals surface area contributed by atoms with Gasteiger partial charge in [0.05, 0.1) is 32.4 Å². The third-order valence-electron chi connectivity index (χ3n) is 7.90. The van der Waals surface area contributed by atoms with Crippen LogP contribution < -0.4 is 9.47 Å². The van der Waals surface area contributed by atoms with Gasteiger partial charge in [0.2, 0.25) is 5.91 Å². The molecule has 0 radical (unpaired) electrons. The summed E-state index contributed by atoms with van der Waals surface area (Å²) < 4.78 is 16.4. The smallest absolute Gasteiger partial charge is 0.289 e. The zero-order valence-corrected chi connectivity index (χ0v) is 21.4. The molecule has 1 aromatic heterocycles. The van der Waals surface area contributed by atoms with Crippen molar-refractivity contribution in [3.8, 4) is 11.5 Å². The zero-order chi connectivity index (χ0) is 26.4. The number of ether oxygens (including phenoxy) is 2. The monoisotopic (exact) mass is 515 g/mol. The van der Waals surface area contributed by atoms with Crippen LogP contribution in [0.1, 0.15) is 49.6 Å². The number of methoxy groups -OCH3 is 2. The average molecular weight is 516 g/mol. The molecule has 0 saturated carbocycles. The molecule has 0 bridgehead atoms. The molecule has 1 saturated heterocycles. The molecule has 0 spiro atoms. The Kier molecular flexibility index (Phi) is 6.06. The Morgan fingerprint density at radius 3 is 2.29 bits per heavy atom. The van der Waals surface area contributed by atoms with Crippen LogP contribution in [0.25, 0.3) is 0 Å². The Morgan fingerprint density at radius 2 is 1.58 bits per heavy atom. The third-order valence-corrected chi connectivity index (χ3v) is 7.90. The molecule has 3 aliphatic rings. The number of carbonyl (C=O) groups is 3. The predicted octanol–water partition coefficient (Wildman–Crippen LogP) is 3.12. The van der Waals surface area contributed by atoms with Gasteiger partial charge in [-0.05, 0) is 53.4 Å². The second-order valence-electron chi connectivity index (χ2n) is 9.76. The van der Waals surface area contributed by atoms with Crippen LogP contribution in [0, 0.1) is 0 Å². The van der Waals surface area contributed by atoms with Gasteiger partial charge >= 0.3 is 0 Å². The number of nitrogens with zero attached hydrogens (tertiary/aromatic N) is 3. The fourth-order valence-electron chi connectivity index (χ4n) is 6.00. The van der Waals surface area contributed by atoms with E-state index in [-0.39, 0.29) is 17.7 Å². The molecule has 6 rings (SSSR count). The molecule has 1 fully saturated rings. The highest BCUT2D eigenvalue weighted by molar-refractivity contribution is 6.01. The van der Waals surface area contributed by atoms with Gasteiger partial charge in [0.15, 0.2) is 17.3 Å². The van der Waals surface area contributed by atoms with Crippen molar-refractivity contribution >= 4 is 17.7 Å². The van der Waals surface area contributed by atoms with Crippen LogP contribution in [-0.4, -0.2) is 79.4 Å². The Morgan fingerprint density at radius 1 is 0.868 bits per heavy atom. The van der Waals surface area contributed by atoms with Crippen LogP contribution in [0.3, 0.4) is 0 Å². The van der Waals surface area contributed by atoms with Crippen molar-refractivity contribution in [2.75, 3.05) is 46.9 Å². The van der Waals surface area contributed by atoms with Crippen LogP contribution in [0.15, 0.2) is 59.2 Å². The first-order valence-corrected chi connectivity index (χ1v) is 12.8. The van der Waals surface area contributed by atoms with Crippen molar-refractivity contribution in [2.24, 2.45) is 0 Å². The fourth-order valence-corrected chi connectivity index (χ4v) is 6.00. The molecule has 3 aliphatic heterocycles. The van der Waals surface area contributed by atoms with Gasteiger partial charge < -0.3 is 28.6 Å². The van der Waals surface area contributed by atoms with Crippen molar-refractivity contribution in [3.63, 3.8) is 0 Å². The molecule has 3 aromatic rings. The molecule has 9 nitrogen and oxygen atoms in total. The summed E-state index contributed by atoms with van der Waals surface area (Å²) >= 11 is 0. The Bertz CT molecular complexity index is 1390. The van der Waals surface area contributed by atoms with Gasteiger partial charge in [-0.25, -0.2) is 0 Å². The van der Waals surface area contributed by atoms with Crippen molar-refractivity contribution in [1.82, 2.24) is 14.7 Å². The van der Waals surface area contributed by atoms with Crippen molar-refractivity contribution in [3.05, 3.63) is 82.8 Å². The molecular weight excluding hydrogens is 486 g/mol. The van der Waals surface area contributed by atoms with E-state index >= 15 is 0 Å². The van der Waals surface area contributed by atoms with Gasteiger partial charge in [-0.1, -0.05) is 18.2 Å². The highest BCUT2D eigenvalue weighted by Crippen LogP contribution is 2.48. The number of hydrogen-bond acceptors (Lipinski definition) is 6. The number of amides is 3. The van der Waals surface area contributed by atoms with Gasteiger partial charge in [0, 0.05) is 38.3 Å². The van der Waals surface area contributed by atoms with Crippen LogP contribution in [-0.2, 0) is 11.2 Å². The summed E-state index contributed by atoms with van der Waals surface area (Å²) in [7, 11) is 3.18. The molecule has 0 N–H and O–H groups in total. The van der Waals surface area contributed by atoms with E-state index in [1.165, 1.54) is 6.26 Å². The van der Waals surface area contributed by atoms with Crippen molar-refractivity contribution < 1.29 is 28.3 Å². The summed E-state index contributed by atoms with van der Waals surface area (Å²) in [6, 6.07) is 14.1. The highest BCUT2D eigenvalue weighted by atomic mass is 16.5. The Balaban J connectivity index is 1.35. The summed E-state index contributed by atoms with van der Waals surface area (Å²) in [5.74, 6) is 0.621. The molecular formula is C29H29N3O6. The van der Waals surface area contributed by atoms with E-state index in [2.05, 4.69) is 0 Å². The SMILES string of the molecule is COc1cc2c(cc1OC)[C@H]1[C@H](C(=O)N3CCN(C(=O)c4ccco4)CC3)c3ccccc3C(=O)N1CC2. The van der Waals surface area contributed by atoms with Crippen LogP contribution in [0.4, 0.5) is 0 Å². The minimum absolute atomic E-state index is 0.0484. The first kappa shape index (κ1) is 24.1. The minimum atomic E-state index is -0.576. The second-order valence-corrected chi connectivity index (χ2v) is 9.76. The average Bonchev–Trinajstić information content (AvgIpc) is 3.51. The number of furan rings is 1. The zero-order valence-electron chi connectivity index (χ0n) is 21.4. The molecule has 3 amide bonds. The third kappa shape index (κ3) is 3.81. The van der Waals surface area contributed by atoms with Gasteiger partial charge in [-0.15, -0.1) is 0 Å². The van der Waals surface area contributed by atoms with E-state index in [4.69, 9.17) is 13.9 Å². The second kappa shape index (κ2) is 9.55. The summed E-state index contributed by atoms with van der Waals surface area (Å²) in [6.07, 6.45) is 2.14. The van der Waals surface area contributed by atoms with Crippen molar-refractivity contribution in [2.45, 2.75) is 18.4 Å². The van der Waals surface area contributed by atoms with E-state index in [1.54, 1.807) is 37.3 Å². The maximum atomic E-state index is 14.3. The molecule has 0 aliphatic carbocycles. The Labute approximate surface area is 220 Å². The summed E-state index contributed by atoms with van der Waals surface area (Å²) in [6.45, 7) is 2.14. The van der Waals surface area contributed by atoms with E-state index in [9.17, 15) is 14.4 Å². The molecule has 4 heterocycles. The normalized spacial score (nSPS) is 20.4. The Hall–Kier alpha value is -4.27. The topological polar surface area (TPSA) is 92.5 Å². The fraction of sp³-hybridized carbons (Fsp3) is 0.345. The maximum Gasteiger partial charge on any atom is 0.289 e. The maximum absolute atomic E-state index is 14.3. The lowest BCUT2D eigenvalue weighted by molar-refractivity contribution is -0.136. The van der Waals surface area contributed by atoms with E-state index < -0.39 is 12.0 Å². The number of piperazine rings is 1. The molecule has 196 valence electrons. The highest BCUT2D eigenvalue weighted by Gasteiger charge is 2.48. The van der Waals surface area contributed by atoms with Gasteiger partial charge in [0.25, 0.3) is 11.8 Å². The molecule has 0 unspecified atom stereocenters. The number of hydrogen-bond donors (Lipinski definition) is 0. The van der Waals surface area contributed by atoms with Crippen LogP contribution in [0.5, 0.6) is 11.5 Å². The lowest BCUT2D eigenvalue weighted by Crippen LogP contribution is -2.55. The minimum Gasteiger partial charge on any atom is -0.493 e. The van der Waals surface area contributed by atoms with E-state index in [0.717, 1.165) is 16.7 Å². The summed E-state index contributed by atoms with van der Waals surface area (Å²) in [4.78, 5) is 46.0. The van der Waals surface area contributed by atoms with Gasteiger partial charge in [-0.2, -0.15) is 0 Å². The summed E-state index contributed by atoms with van der Waals surface area (Å²) in [5, 5.41) is 0. The summed E-state index contributed by atoms with van der Waals surface area (Å²) in [5.41, 5.74) is 3.25. The predicted molar refractivity (Wildman–Crippen MR) is 137 cm³/mol. The first-order valence-electron chi connectivity index (χ1n) is 12.8. The number of fused-ring (bicyclic) bond motifs is 4. The largest absolute Gasteiger partial charge is 0.493 e. The molecule has 9 heteroatoms. The van der Waals surface area contributed by atoms with Crippen LogP contribution in [0.2, 0.25) is 0 Å². The molecule has 38 heavy (non-hydrogen) atoms. The quantitative estimate of drug-likeness (QED) is 0.530. The lowest BCUT2D eigenvalue weighted by atomic mass is 9.75.